The SMILES string of the molecule is CNc1ncnc(-c2ccc(C(C)C)cc2)c1C. The Bertz CT molecular complexity index is 530. The van der Waals surface area contributed by atoms with E-state index in [1.165, 1.54) is 5.56 Å². The minimum Gasteiger partial charge on any atom is -0.373 e. The Balaban J connectivity index is 2.43. The minimum absolute atomic E-state index is 0.554. The van der Waals surface area contributed by atoms with E-state index in [0.717, 1.165) is 22.6 Å². The van der Waals surface area contributed by atoms with Gasteiger partial charge in [0.05, 0.1) is 5.69 Å². The molecule has 1 aromatic heterocycles. The lowest BCUT2D eigenvalue weighted by Crippen LogP contribution is -1.99. The molecule has 3 heteroatoms. The summed E-state index contributed by atoms with van der Waals surface area (Å²) in [4.78, 5) is 8.59. The first-order valence-electron chi connectivity index (χ1n) is 6.23. The second-order valence-electron chi connectivity index (χ2n) is 4.72. The lowest BCUT2D eigenvalue weighted by molar-refractivity contribution is 0.867. The van der Waals surface area contributed by atoms with Crippen LogP contribution in [0.15, 0.2) is 30.6 Å². The molecule has 0 amide bonds. The van der Waals surface area contributed by atoms with Gasteiger partial charge >= 0.3 is 0 Å². The van der Waals surface area contributed by atoms with Crippen molar-refractivity contribution in [3.63, 3.8) is 0 Å². The maximum absolute atomic E-state index is 4.38. The van der Waals surface area contributed by atoms with Crippen LogP contribution in [0.25, 0.3) is 11.3 Å². The molecule has 0 aliphatic rings. The Kier molecular flexibility index (Phi) is 3.60. The second-order valence-corrected chi connectivity index (χ2v) is 4.72. The van der Waals surface area contributed by atoms with Crippen LogP contribution in [0, 0.1) is 6.92 Å². The monoisotopic (exact) mass is 241 g/mol. The molecule has 0 unspecified atom stereocenters. The molecule has 3 nitrogen and oxygen atoms in total. The maximum atomic E-state index is 4.38. The van der Waals surface area contributed by atoms with E-state index in [9.17, 15) is 0 Å². The summed E-state index contributed by atoms with van der Waals surface area (Å²) in [5.74, 6) is 1.44. The van der Waals surface area contributed by atoms with Gasteiger partial charge in [-0.3, -0.25) is 0 Å². The predicted molar refractivity (Wildman–Crippen MR) is 75.8 cm³/mol. The van der Waals surface area contributed by atoms with E-state index in [0.29, 0.717) is 5.92 Å². The molecule has 0 saturated carbocycles. The van der Waals surface area contributed by atoms with Crippen molar-refractivity contribution in [3.05, 3.63) is 41.7 Å². The first kappa shape index (κ1) is 12.6. The number of nitrogens with zero attached hydrogens (tertiary/aromatic N) is 2. The first-order valence-corrected chi connectivity index (χ1v) is 6.23. The molecule has 1 aromatic carbocycles. The zero-order valence-electron chi connectivity index (χ0n) is 11.4. The van der Waals surface area contributed by atoms with Gasteiger partial charge in [0.1, 0.15) is 12.1 Å². The summed E-state index contributed by atoms with van der Waals surface area (Å²) in [6.07, 6.45) is 1.60. The summed E-state index contributed by atoms with van der Waals surface area (Å²) < 4.78 is 0. The highest BCUT2D eigenvalue weighted by Gasteiger charge is 2.08. The van der Waals surface area contributed by atoms with Crippen molar-refractivity contribution in [2.75, 3.05) is 12.4 Å². The maximum Gasteiger partial charge on any atom is 0.132 e. The average molecular weight is 241 g/mol. The van der Waals surface area contributed by atoms with E-state index in [2.05, 4.69) is 53.4 Å². The van der Waals surface area contributed by atoms with Crippen molar-refractivity contribution in [3.8, 4) is 11.3 Å². The third kappa shape index (κ3) is 2.35. The zero-order chi connectivity index (χ0) is 13.1. The lowest BCUT2D eigenvalue weighted by atomic mass is 9.99. The molecule has 2 rings (SSSR count). The van der Waals surface area contributed by atoms with E-state index in [-0.39, 0.29) is 0 Å². The molecule has 0 atom stereocenters. The topological polar surface area (TPSA) is 37.8 Å². The quantitative estimate of drug-likeness (QED) is 0.892. The molecule has 1 N–H and O–H groups in total. The molecule has 0 fully saturated rings. The molecule has 0 spiro atoms. The van der Waals surface area contributed by atoms with Gasteiger partial charge in [0.2, 0.25) is 0 Å². The van der Waals surface area contributed by atoms with E-state index >= 15 is 0 Å². The standard InChI is InChI=1S/C15H19N3/c1-10(2)12-5-7-13(8-6-12)14-11(3)15(16-4)18-9-17-14/h5-10H,1-4H3,(H,16,17,18). The van der Waals surface area contributed by atoms with Gasteiger partial charge < -0.3 is 5.32 Å². The van der Waals surface area contributed by atoms with Crippen molar-refractivity contribution < 1.29 is 0 Å². The van der Waals surface area contributed by atoms with Crippen LogP contribution >= 0.6 is 0 Å². The fraction of sp³-hybridized carbons (Fsp3) is 0.333. The molecule has 0 aliphatic heterocycles. The van der Waals surface area contributed by atoms with Gasteiger partial charge in [-0.1, -0.05) is 38.1 Å². The van der Waals surface area contributed by atoms with Crippen molar-refractivity contribution in [2.24, 2.45) is 0 Å². The highest BCUT2D eigenvalue weighted by Crippen LogP contribution is 2.26. The van der Waals surface area contributed by atoms with Gasteiger partial charge in [-0.05, 0) is 18.4 Å². The molecule has 0 radical (unpaired) electrons. The van der Waals surface area contributed by atoms with Crippen molar-refractivity contribution in [1.29, 1.82) is 0 Å². The highest BCUT2D eigenvalue weighted by molar-refractivity contribution is 5.67. The Morgan fingerprint density at radius 1 is 1.06 bits per heavy atom. The Labute approximate surface area is 108 Å². The molecule has 94 valence electrons. The highest BCUT2D eigenvalue weighted by atomic mass is 15.0. The summed E-state index contributed by atoms with van der Waals surface area (Å²) >= 11 is 0. The van der Waals surface area contributed by atoms with Gasteiger partial charge in [0.15, 0.2) is 0 Å². The molecule has 1 heterocycles. The molecule has 18 heavy (non-hydrogen) atoms. The largest absolute Gasteiger partial charge is 0.373 e. The number of hydrogen-bond acceptors (Lipinski definition) is 3. The van der Waals surface area contributed by atoms with Crippen LogP contribution in [0.2, 0.25) is 0 Å². The van der Waals surface area contributed by atoms with E-state index in [1.807, 2.05) is 14.0 Å². The van der Waals surface area contributed by atoms with E-state index in [1.54, 1.807) is 6.33 Å². The molecule has 0 saturated heterocycles. The number of hydrogen-bond donors (Lipinski definition) is 1. The first-order chi connectivity index (χ1) is 8.63. The molecule has 2 aromatic rings. The van der Waals surface area contributed by atoms with Gasteiger partial charge in [-0.25, -0.2) is 9.97 Å². The molecule has 0 bridgehead atoms. The number of anilines is 1. The van der Waals surface area contributed by atoms with Gasteiger partial charge in [0, 0.05) is 18.2 Å². The summed E-state index contributed by atoms with van der Waals surface area (Å²) in [5, 5.41) is 3.08. The van der Waals surface area contributed by atoms with Crippen LogP contribution in [-0.4, -0.2) is 17.0 Å². The van der Waals surface area contributed by atoms with Crippen molar-refractivity contribution >= 4 is 5.82 Å². The van der Waals surface area contributed by atoms with Gasteiger partial charge in [0.25, 0.3) is 0 Å². The van der Waals surface area contributed by atoms with Crippen LogP contribution in [0.4, 0.5) is 5.82 Å². The minimum atomic E-state index is 0.554. The Morgan fingerprint density at radius 3 is 2.28 bits per heavy atom. The summed E-state index contributed by atoms with van der Waals surface area (Å²) in [5.41, 5.74) is 4.55. The number of benzene rings is 1. The molecular weight excluding hydrogens is 222 g/mol. The average Bonchev–Trinajstić information content (AvgIpc) is 2.39. The predicted octanol–water partition coefficient (Wildman–Crippen LogP) is 3.62. The zero-order valence-corrected chi connectivity index (χ0v) is 11.4. The Morgan fingerprint density at radius 2 is 1.72 bits per heavy atom. The van der Waals surface area contributed by atoms with Gasteiger partial charge in [-0.15, -0.1) is 0 Å². The molecule has 0 aliphatic carbocycles. The van der Waals surface area contributed by atoms with Crippen molar-refractivity contribution in [2.45, 2.75) is 26.7 Å². The van der Waals surface area contributed by atoms with Gasteiger partial charge in [-0.2, -0.15) is 0 Å². The van der Waals surface area contributed by atoms with E-state index < -0.39 is 0 Å². The normalized spacial score (nSPS) is 10.7. The third-order valence-electron chi connectivity index (χ3n) is 3.17. The van der Waals surface area contributed by atoms with Crippen LogP contribution in [0.5, 0.6) is 0 Å². The van der Waals surface area contributed by atoms with Crippen molar-refractivity contribution in [1.82, 2.24) is 9.97 Å². The van der Waals surface area contributed by atoms with E-state index in [4.69, 9.17) is 0 Å². The number of nitrogens with one attached hydrogen (secondary N) is 1. The number of rotatable bonds is 3. The van der Waals surface area contributed by atoms with Crippen LogP contribution < -0.4 is 5.32 Å². The third-order valence-corrected chi connectivity index (χ3v) is 3.17. The smallest absolute Gasteiger partial charge is 0.132 e. The van der Waals surface area contributed by atoms with Crippen LogP contribution in [0.3, 0.4) is 0 Å². The van der Waals surface area contributed by atoms with Crippen LogP contribution in [-0.2, 0) is 0 Å². The second kappa shape index (κ2) is 5.17. The Hall–Kier alpha value is -1.90. The number of aromatic nitrogens is 2. The lowest BCUT2D eigenvalue weighted by Gasteiger charge is -2.10. The summed E-state index contributed by atoms with van der Waals surface area (Å²) in [7, 11) is 1.88. The fourth-order valence-electron chi connectivity index (χ4n) is 2.02. The summed E-state index contributed by atoms with van der Waals surface area (Å²) in [6, 6.07) is 8.59. The van der Waals surface area contributed by atoms with Crippen LogP contribution in [0.1, 0.15) is 30.9 Å². The molecular formula is C15H19N3. The summed E-state index contributed by atoms with van der Waals surface area (Å²) in [6.45, 7) is 6.44. The fourth-order valence-corrected chi connectivity index (χ4v) is 2.02.